The van der Waals surface area contributed by atoms with Gasteiger partial charge in [0, 0.05) is 11.8 Å². The Hall–Kier alpha value is -2.54. The molecule has 0 bridgehead atoms. The number of rotatable bonds is 2. The minimum absolute atomic E-state index is 0.101. The number of ether oxygens (including phenoxy) is 1. The molecule has 2 aromatic carbocycles. The molecular formula is C13H9FN2O. The van der Waals surface area contributed by atoms with Gasteiger partial charge in [-0.3, -0.25) is 0 Å². The van der Waals surface area contributed by atoms with Crippen molar-refractivity contribution in [3.63, 3.8) is 0 Å². The van der Waals surface area contributed by atoms with Crippen LogP contribution in [0.1, 0.15) is 5.56 Å². The van der Waals surface area contributed by atoms with Crippen LogP contribution < -0.4 is 10.5 Å². The van der Waals surface area contributed by atoms with Crippen molar-refractivity contribution in [1.29, 1.82) is 5.26 Å². The molecule has 0 aliphatic rings. The zero-order chi connectivity index (χ0) is 12.3. The van der Waals surface area contributed by atoms with Crippen LogP contribution in [0, 0.1) is 17.1 Å². The average Bonchev–Trinajstić information content (AvgIpc) is 2.34. The molecule has 0 atom stereocenters. The van der Waals surface area contributed by atoms with Crippen LogP contribution in [0.25, 0.3) is 0 Å². The Kier molecular flexibility index (Phi) is 2.93. The van der Waals surface area contributed by atoms with Gasteiger partial charge in [0.05, 0.1) is 11.6 Å². The van der Waals surface area contributed by atoms with Gasteiger partial charge in [0.2, 0.25) is 0 Å². The molecule has 0 aliphatic heterocycles. The van der Waals surface area contributed by atoms with Gasteiger partial charge in [0.25, 0.3) is 0 Å². The molecule has 0 saturated carbocycles. The van der Waals surface area contributed by atoms with Gasteiger partial charge in [-0.25, -0.2) is 4.39 Å². The number of nitriles is 1. The maximum atomic E-state index is 13.4. The first-order valence-corrected chi connectivity index (χ1v) is 4.92. The van der Waals surface area contributed by atoms with E-state index in [2.05, 4.69) is 0 Å². The Labute approximate surface area is 97.9 Å². The quantitative estimate of drug-likeness (QED) is 0.803. The number of hydrogen-bond acceptors (Lipinski definition) is 3. The zero-order valence-electron chi connectivity index (χ0n) is 8.85. The van der Waals surface area contributed by atoms with Crippen LogP contribution in [0.5, 0.6) is 11.5 Å². The smallest absolute Gasteiger partial charge is 0.167 e. The standard InChI is InChI=1S/C13H9FN2O/c14-12-7-10(16)3-6-13(12)17-11-4-1-9(8-15)2-5-11/h1-7H,16H2. The molecule has 0 amide bonds. The van der Waals surface area contributed by atoms with Crippen molar-refractivity contribution < 1.29 is 9.13 Å². The van der Waals surface area contributed by atoms with Crippen LogP contribution in [0.3, 0.4) is 0 Å². The molecule has 17 heavy (non-hydrogen) atoms. The topological polar surface area (TPSA) is 59.0 Å². The molecule has 0 aromatic heterocycles. The van der Waals surface area contributed by atoms with E-state index in [-0.39, 0.29) is 5.75 Å². The lowest BCUT2D eigenvalue weighted by atomic mass is 10.2. The second kappa shape index (κ2) is 4.54. The number of hydrogen-bond donors (Lipinski definition) is 1. The molecular weight excluding hydrogens is 219 g/mol. The van der Waals surface area contributed by atoms with Crippen molar-refractivity contribution in [3.8, 4) is 17.6 Å². The number of anilines is 1. The number of nitrogens with zero attached hydrogens (tertiary/aromatic N) is 1. The highest BCUT2D eigenvalue weighted by atomic mass is 19.1. The molecule has 0 spiro atoms. The largest absolute Gasteiger partial charge is 0.454 e. The summed E-state index contributed by atoms with van der Waals surface area (Å²) in [5.41, 5.74) is 6.29. The van der Waals surface area contributed by atoms with Crippen molar-refractivity contribution in [1.82, 2.24) is 0 Å². The van der Waals surface area contributed by atoms with E-state index in [0.29, 0.717) is 17.0 Å². The van der Waals surface area contributed by atoms with Gasteiger partial charge in [-0.05, 0) is 36.4 Å². The van der Waals surface area contributed by atoms with Crippen molar-refractivity contribution >= 4 is 5.69 Å². The summed E-state index contributed by atoms with van der Waals surface area (Å²) in [7, 11) is 0. The van der Waals surface area contributed by atoms with Crippen molar-refractivity contribution in [2.45, 2.75) is 0 Å². The van der Waals surface area contributed by atoms with Crippen LogP contribution in [-0.4, -0.2) is 0 Å². The fourth-order valence-corrected chi connectivity index (χ4v) is 1.32. The van der Waals surface area contributed by atoms with E-state index in [9.17, 15) is 4.39 Å². The molecule has 84 valence electrons. The molecule has 4 heteroatoms. The summed E-state index contributed by atoms with van der Waals surface area (Å²) >= 11 is 0. The van der Waals surface area contributed by atoms with Gasteiger partial charge in [-0.2, -0.15) is 5.26 Å². The van der Waals surface area contributed by atoms with E-state index in [4.69, 9.17) is 15.7 Å². The summed E-state index contributed by atoms with van der Waals surface area (Å²) in [6.45, 7) is 0. The summed E-state index contributed by atoms with van der Waals surface area (Å²) in [6.07, 6.45) is 0. The minimum Gasteiger partial charge on any atom is -0.454 e. The van der Waals surface area contributed by atoms with Crippen LogP contribution in [0.15, 0.2) is 42.5 Å². The fourth-order valence-electron chi connectivity index (χ4n) is 1.32. The normalized spacial score (nSPS) is 9.65. The molecule has 0 saturated heterocycles. The first-order valence-electron chi connectivity index (χ1n) is 4.92. The van der Waals surface area contributed by atoms with Gasteiger partial charge in [0.15, 0.2) is 11.6 Å². The predicted octanol–water partition coefficient (Wildman–Crippen LogP) is 3.07. The van der Waals surface area contributed by atoms with E-state index in [1.807, 2.05) is 6.07 Å². The highest BCUT2D eigenvalue weighted by Crippen LogP contribution is 2.25. The first-order chi connectivity index (χ1) is 8.19. The third-order valence-corrected chi connectivity index (χ3v) is 2.17. The summed E-state index contributed by atoms with van der Waals surface area (Å²) in [6, 6.07) is 12.6. The second-order valence-electron chi connectivity index (χ2n) is 3.43. The van der Waals surface area contributed by atoms with Crippen molar-refractivity contribution in [3.05, 3.63) is 53.8 Å². The second-order valence-corrected chi connectivity index (χ2v) is 3.43. The maximum Gasteiger partial charge on any atom is 0.167 e. The number of nitrogens with two attached hydrogens (primary N) is 1. The van der Waals surface area contributed by atoms with E-state index in [0.717, 1.165) is 0 Å². The number of benzene rings is 2. The van der Waals surface area contributed by atoms with Crippen molar-refractivity contribution in [2.75, 3.05) is 5.73 Å². The Morgan fingerprint density at radius 1 is 1.12 bits per heavy atom. The summed E-state index contributed by atoms with van der Waals surface area (Å²) in [4.78, 5) is 0. The van der Waals surface area contributed by atoms with Crippen LogP contribution >= 0.6 is 0 Å². The zero-order valence-corrected chi connectivity index (χ0v) is 8.85. The van der Waals surface area contributed by atoms with Crippen LogP contribution in [-0.2, 0) is 0 Å². The Balaban J connectivity index is 2.23. The molecule has 2 N–H and O–H groups in total. The van der Waals surface area contributed by atoms with Gasteiger partial charge in [0.1, 0.15) is 5.75 Å². The van der Waals surface area contributed by atoms with Crippen LogP contribution in [0.4, 0.5) is 10.1 Å². The Morgan fingerprint density at radius 3 is 2.41 bits per heavy atom. The van der Waals surface area contributed by atoms with Gasteiger partial charge >= 0.3 is 0 Å². The number of halogens is 1. The third kappa shape index (κ3) is 2.52. The SMILES string of the molecule is N#Cc1ccc(Oc2ccc(N)cc2F)cc1. The van der Waals surface area contributed by atoms with E-state index < -0.39 is 5.82 Å². The Morgan fingerprint density at radius 2 is 1.82 bits per heavy atom. The highest BCUT2D eigenvalue weighted by molar-refractivity contribution is 5.44. The molecule has 0 radical (unpaired) electrons. The van der Waals surface area contributed by atoms with Crippen LogP contribution in [0.2, 0.25) is 0 Å². The maximum absolute atomic E-state index is 13.4. The van der Waals surface area contributed by atoms with E-state index in [1.54, 1.807) is 30.3 Å². The monoisotopic (exact) mass is 228 g/mol. The highest BCUT2D eigenvalue weighted by Gasteiger charge is 2.04. The summed E-state index contributed by atoms with van der Waals surface area (Å²) in [5.74, 6) is 0.0472. The molecule has 0 fully saturated rings. The first kappa shape index (κ1) is 11.0. The summed E-state index contributed by atoms with van der Waals surface area (Å²) in [5, 5.41) is 8.63. The van der Waals surface area contributed by atoms with Crippen molar-refractivity contribution in [2.24, 2.45) is 0 Å². The molecule has 0 aliphatic carbocycles. The molecule has 3 nitrogen and oxygen atoms in total. The lowest BCUT2D eigenvalue weighted by Gasteiger charge is -2.06. The Bertz CT molecular complexity index is 573. The molecule has 0 unspecified atom stereocenters. The van der Waals surface area contributed by atoms with Gasteiger partial charge in [-0.1, -0.05) is 0 Å². The minimum atomic E-state index is -0.519. The molecule has 2 aromatic rings. The summed E-state index contributed by atoms with van der Waals surface area (Å²) < 4.78 is 18.7. The molecule has 2 rings (SSSR count). The lowest BCUT2D eigenvalue weighted by Crippen LogP contribution is -1.91. The lowest BCUT2D eigenvalue weighted by molar-refractivity contribution is 0.442. The average molecular weight is 228 g/mol. The van der Waals surface area contributed by atoms with Gasteiger partial charge in [-0.15, -0.1) is 0 Å². The molecule has 0 heterocycles. The fraction of sp³-hybridized carbons (Fsp3) is 0. The van der Waals surface area contributed by atoms with Gasteiger partial charge < -0.3 is 10.5 Å². The predicted molar refractivity (Wildman–Crippen MR) is 62.0 cm³/mol. The van der Waals surface area contributed by atoms with E-state index >= 15 is 0 Å². The van der Waals surface area contributed by atoms with E-state index in [1.165, 1.54) is 12.1 Å². The third-order valence-electron chi connectivity index (χ3n) is 2.17. The number of nitrogen functional groups attached to an aromatic ring is 1.